The minimum absolute atomic E-state index is 0.390. The second-order valence-electron chi connectivity index (χ2n) is 7.42. The molecular weight excluding hydrogens is 400 g/mol. The third-order valence-corrected chi connectivity index (χ3v) is 6.56. The molecule has 0 spiro atoms. The topological polar surface area (TPSA) is 88.8 Å². The van der Waals surface area contributed by atoms with Gasteiger partial charge in [0.15, 0.2) is 0 Å². The van der Waals surface area contributed by atoms with E-state index in [4.69, 9.17) is 14.9 Å². The zero-order chi connectivity index (χ0) is 20.8. The van der Waals surface area contributed by atoms with Crippen molar-refractivity contribution in [3.63, 3.8) is 0 Å². The Morgan fingerprint density at radius 2 is 2.03 bits per heavy atom. The van der Waals surface area contributed by atoms with Crippen LogP contribution in [0.5, 0.6) is 5.75 Å². The molecule has 0 saturated heterocycles. The van der Waals surface area contributed by atoms with Gasteiger partial charge in [0, 0.05) is 29.1 Å². The van der Waals surface area contributed by atoms with Crippen molar-refractivity contribution < 1.29 is 14.7 Å². The second-order valence-corrected chi connectivity index (χ2v) is 8.31. The number of amides is 1. The molecule has 5 rings (SSSR count). The minimum Gasteiger partial charge on any atom is -0.497 e. The Morgan fingerprint density at radius 1 is 1.23 bits per heavy atom. The maximum Gasteiger partial charge on any atom is 0.274 e. The Morgan fingerprint density at radius 3 is 2.77 bits per heavy atom. The number of hydrogen-bond donors (Lipinski definition) is 2. The molecule has 1 aliphatic carbocycles. The molecule has 0 radical (unpaired) electrons. The van der Waals surface area contributed by atoms with Crippen LogP contribution in [0.2, 0.25) is 0 Å². The standard InChI is InChI=1S/C22H20N4O3S/c1-12-20(26-8-7-15(29-2)9-19(26)23-12)18-11-30-22(24-18)17-10-16(17)13-3-5-14(6-4-13)21(27)25-28/h3-9,11,16-17,28H,10H2,1-2H3,(H,25,27). The summed E-state index contributed by atoms with van der Waals surface area (Å²) in [5, 5.41) is 12.0. The molecule has 1 saturated carbocycles. The quantitative estimate of drug-likeness (QED) is 0.374. The fraction of sp³-hybridized carbons (Fsp3) is 0.227. The molecule has 3 aromatic heterocycles. The number of methoxy groups -OCH3 is 1. The van der Waals surface area contributed by atoms with Crippen LogP contribution in [0.15, 0.2) is 48.0 Å². The highest BCUT2D eigenvalue weighted by molar-refractivity contribution is 7.10. The summed E-state index contributed by atoms with van der Waals surface area (Å²) in [4.78, 5) is 21.1. The number of imidazole rings is 1. The number of hydrogen-bond acceptors (Lipinski definition) is 6. The summed E-state index contributed by atoms with van der Waals surface area (Å²) in [6.45, 7) is 2.00. The zero-order valence-electron chi connectivity index (χ0n) is 16.5. The van der Waals surface area contributed by atoms with Gasteiger partial charge in [-0.3, -0.25) is 14.4 Å². The number of benzene rings is 1. The first-order valence-electron chi connectivity index (χ1n) is 9.62. The van der Waals surface area contributed by atoms with Gasteiger partial charge in [0.05, 0.1) is 23.5 Å². The number of aryl methyl sites for hydroxylation is 1. The number of carbonyl (C=O) groups is 1. The maximum absolute atomic E-state index is 11.5. The van der Waals surface area contributed by atoms with Gasteiger partial charge < -0.3 is 4.74 Å². The van der Waals surface area contributed by atoms with Gasteiger partial charge in [-0.05, 0) is 43.0 Å². The molecule has 1 aliphatic rings. The van der Waals surface area contributed by atoms with Gasteiger partial charge in [0.2, 0.25) is 0 Å². The number of thiazole rings is 1. The van der Waals surface area contributed by atoms with E-state index < -0.39 is 5.91 Å². The van der Waals surface area contributed by atoms with E-state index in [9.17, 15) is 4.79 Å². The second kappa shape index (κ2) is 7.23. The summed E-state index contributed by atoms with van der Waals surface area (Å²) in [6.07, 6.45) is 3.01. The van der Waals surface area contributed by atoms with E-state index in [0.29, 0.717) is 17.4 Å². The Balaban J connectivity index is 1.39. The number of fused-ring (bicyclic) bond motifs is 1. The number of ether oxygens (including phenoxy) is 1. The Kier molecular flexibility index (Phi) is 4.52. The normalized spacial score (nSPS) is 17.8. The molecule has 0 bridgehead atoms. The minimum atomic E-state index is -0.500. The van der Waals surface area contributed by atoms with Crippen LogP contribution in [0.1, 0.15) is 44.9 Å². The van der Waals surface area contributed by atoms with E-state index >= 15 is 0 Å². The van der Waals surface area contributed by atoms with Crippen molar-refractivity contribution >= 4 is 22.9 Å². The van der Waals surface area contributed by atoms with Gasteiger partial charge in [0.1, 0.15) is 17.1 Å². The van der Waals surface area contributed by atoms with Gasteiger partial charge in [-0.15, -0.1) is 11.3 Å². The van der Waals surface area contributed by atoms with Gasteiger partial charge >= 0.3 is 0 Å². The number of aromatic nitrogens is 3. The lowest BCUT2D eigenvalue weighted by atomic mass is 10.1. The van der Waals surface area contributed by atoms with Crippen molar-refractivity contribution in [3.05, 3.63) is 69.8 Å². The van der Waals surface area contributed by atoms with Gasteiger partial charge in [-0.25, -0.2) is 15.4 Å². The van der Waals surface area contributed by atoms with E-state index in [0.717, 1.165) is 39.9 Å². The highest BCUT2D eigenvalue weighted by Crippen LogP contribution is 2.55. The van der Waals surface area contributed by atoms with Crippen molar-refractivity contribution in [2.75, 3.05) is 7.11 Å². The van der Waals surface area contributed by atoms with Crippen molar-refractivity contribution in [3.8, 4) is 17.1 Å². The van der Waals surface area contributed by atoms with E-state index in [1.54, 1.807) is 36.1 Å². The number of nitrogens with zero attached hydrogens (tertiary/aromatic N) is 3. The number of rotatable bonds is 5. The molecule has 152 valence electrons. The molecule has 8 heteroatoms. The molecule has 0 aliphatic heterocycles. The molecular formula is C22H20N4O3S. The zero-order valence-corrected chi connectivity index (χ0v) is 17.3. The monoisotopic (exact) mass is 420 g/mol. The summed E-state index contributed by atoms with van der Waals surface area (Å²) >= 11 is 1.68. The SMILES string of the molecule is COc1ccn2c(-c3csc(C4CC4c4ccc(C(=O)NO)cc4)n3)c(C)nc2c1. The van der Waals surface area contributed by atoms with Crippen molar-refractivity contribution in [2.45, 2.75) is 25.2 Å². The molecule has 2 N–H and O–H groups in total. The Labute approximate surface area is 177 Å². The average molecular weight is 420 g/mol. The first kappa shape index (κ1) is 18.8. The fourth-order valence-corrected chi connectivity index (χ4v) is 4.91. The van der Waals surface area contributed by atoms with E-state index in [1.807, 2.05) is 41.8 Å². The highest BCUT2D eigenvalue weighted by atomic mass is 32.1. The van der Waals surface area contributed by atoms with Crippen LogP contribution in [0.4, 0.5) is 0 Å². The van der Waals surface area contributed by atoms with E-state index in [2.05, 4.69) is 10.4 Å². The lowest BCUT2D eigenvalue weighted by Crippen LogP contribution is -2.18. The van der Waals surface area contributed by atoms with Crippen molar-refractivity contribution in [1.29, 1.82) is 0 Å². The van der Waals surface area contributed by atoms with Crippen molar-refractivity contribution in [1.82, 2.24) is 19.8 Å². The number of carbonyl (C=O) groups excluding carboxylic acids is 1. The summed E-state index contributed by atoms with van der Waals surface area (Å²) in [7, 11) is 1.65. The summed E-state index contributed by atoms with van der Waals surface area (Å²) in [5.74, 6) is 1.07. The molecule has 7 nitrogen and oxygen atoms in total. The largest absolute Gasteiger partial charge is 0.497 e. The highest BCUT2D eigenvalue weighted by Gasteiger charge is 2.41. The van der Waals surface area contributed by atoms with Crippen LogP contribution in [0.25, 0.3) is 17.0 Å². The summed E-state index contributed by atoms with van der Waals surface area (Å²) in [6, 6.07) is 11.2. The van der Waals surface area contributed by atoms with Crippen LogP contribution >= 0.6 is 11.3 Å². The Bertz CT molecular complexity index is 1250. The number of pyridine rings is 1. The molecule has 1 amide bonds. The third kappa shape index (κ3) is 3.14. The van der Waals surface area contributed by atoms with Gasteiger partial charge in [0.25, 0.3) is 5.91 Å². The smallest absolute Gasteiger partial charge is 0.274 e. The molecule has 30 heavy (non-hydrogen) atoms. The van der Waals surface area contributed by atoms with Crippen LogP contribution in [0, 0.1) is 6.92 Å². The fourth-order valence-electron chi connectivity index (χ4n) is 3.93. The van der Waals surface area contributed by atoms with Gasteiger partial charge in [-0.1, -0.05) is 12.1 Å². The summed E-state index contributed by atoms with van der Waals surface area (Å²) < 4.78 is 7.35. The van der Waals surface area contributed by atoms with E-state index in [-0.39, 0.29) is 0 Å². The lowest BCUT2D eigenvalue weighted by Gasteiger charge is -2.03. The first-order chi connectivity index (χ1) is 14.6. The van der Waals surface area contributed by atoms with Crippen LogP contribution in [-0.4, -0.2) is 32.6 Å². The molecule has 2 unspecified atom stereocenters. The molecule has 2 atom stereocenters. The molecule has 1 fully saturated rings. The predicted octanol–water partition coefficient (Wildman–Crippen LogP) is 4.16. The number of nitrogens with one attached hydrogen (secondary N) is 1. The lowest BCUT2D eigenvalue weighted by molar-refractivity contribution is 0.0706. The number of hydroxylamine groups is 1. The van der Waals surface area contributed by atoms with Crippen LogP contribution in [0.3, 0.4) is 0 Å². The van der Waals surface area contributed by atoms with E-state index in [1.165, 1.54) is 5.56 Å². The molecule has 4 aromatic rings. The first-order valence-corrected chi connectivity index (χ1v) is 10.5. The van der Waals surface area contributed by atoms with Crippen LogP contribution in [-0.2, 0) is 0 Å². The molecule has 3 heterocycles. The maximum atomic E-state index is 11.5. The third-order valence-electron chi connectivity index (χ3n) is 5.58. The van der Waals surface area contributed by atoms with Gasteiger partial charge in [-0.2, -0.15) is 0 Å². The van der Waals surface area contributed by atoms with Crippen molar-refractivity contribution in [2.24, 2.45) is 0 Å². The molecule has 1 aromatic carbocycles. The van der Waals surface area contributed by atoms with Crippen LogP contribution < -0.4 is 10.2 Å². The predicted molar refractivity (Wildman–Crippen MR) is 113 cm³/mol. The summed E-state index contributed by atoms with van der Waals surface area (Å²) in [5.41, 5.74) is 7.00. The average Bonchev–Trinajstić information content (AvgIpc) is 3.30. The Hall–Kier alpha value is -3.23.